The van der Waals surface area contributed by atoms with Gasteiger partial charge in [0.25, 0.3) is 0 Å². The summed E-state index contributed by atoms with van der Waals surface area (Å²) >= 11 is 0. The maximum Gasteiger partial charge on any atom is 0.0904 e. The Morgan fingerprint density at radius 1 is 0.720 bits per heavy atom. The molecule has 2 heteroatoms. The van der Waals surface area contributed by atoms with Crippen LogP contribution in [0, 0.1) is 12.7 Å². The highest BCUT2D eigenvalue weighted by Gasteiger charge is 2.40. The highest BCUT2D eigenvalue weighted by atomic mass is 31.2. The number of Topliss-reactive ketones (excluding diaryl/α,β-unsaturated/α-hetero) is 1. The van der Waals surface area contributed by atoms with Gasteiger partial charge in [-0.25, -0.2) is 6.58 Å². The van der Waals surface area contributed by atoms with Crippen LogP contribution in [0.25, 0.3) is 0 Å². The summed E-state index contributed by atoms with van der Waals surface area (Å²) in [5.74, 6) is -0.343. The normalized spacial score (nSPS) is 10.9. The lowest BCUT2D eigenvalue weighted by Crippen LogP contribution is -2.34. The first-order valence-corrected chi connectivity index (χ1v) is 9.76. The molecule has 0 aliphatic heterocycles. The highest BCUT2D eigenvalue weighted by Crippen LogP contribution is 2.61. The SMILES string of the molecule is [CH-]=C(C(=O)[C-]=C)[P+](c1ccccc1)(c1ccccc1)c1ccccc1. The molecule has 3 rings (SSSR count). The third-order valence-electron chi connectivity index (χ3n) is 4.19. The molecule has 3 aromatic carbocycles. The van der Waals surface area contributed by atoms with Crippen LogP contribution in [0.1, 0.15) is 0 Å². The number of carbonyl (C=O) groups is 1. The van der Waals surface area contributed by atoms with Crippen LogP contribution >= 0.6 is 7.26 Å². The van der Waals surface area contributed by atoms with Gasteiger partial charge in [0.05, 0.1) is 15.9 Å². The fourth-order valence-electron chi connectivity index (χ4n) is 3.06. The van der Waals surface area contributed by atoms with E-state index in [1.807, 2.05) is 91.0 Å². The molecule has 0 radical (unpaired) electrons. The number of hydrogen-bond acceptors (Lipinski definition) is 1. The van der Waals surface area contributed by atoms with E-state index >= 15 is 0 Å². The first-order chi connectivity index (χ1) is 12.2. The Morgan fingerprint density at radius 2 is 1.04 bits per heavy atom. The van der Waals surface area contributed by atoms with Crippen molar-refractivity contribution in [2.75, 3.05) is 0 Å². The molecule has 0 bridgehead atoms. The van der Waals surface area contributed by atoms with E-state index in [9.17, 15) is 4.79 Å². The second kappa shape index (κ2) is 7.42. The number of allylic oxidation sites excluding steroid dienone is 2. The molecule has 122 valence electrons. The minimum Gasteiger partial charge on any atom is -0.440 e. The van der Waals surface area contributed by atoms with E-state index in [1.165, 1.54) is 0 Å². The Morgan fingerprint density at radius 3 is 1.32 bits per heavy atom. The van der Waals surface area contributed by atoms with Gasteiger partial charge >= 0.3 is 0 Å². The Balaban J connectivity index is 2.42. The van der Waals surface area contributed by atoms with E-state index in [-0.39, 0.29) is 5.78 Å². The second-order valence-corrected chi connectivity index (χ2v) is 8.94. The monoisotopic (exact) mass is 341 g/mol. The van der Waals surface area contributed by atoms with Gasteiger partial charge < -0.3 is 17.4 Å². The molecule has 0 unspecified atom stereocenters. The van der Waals surface area contributed by atoms with Crippen molar-refractivity contribution in [2.45, 2.75) is 0 Å². The maximum atomic E-state index is 12.6. The molecule has 0 atom stereocenters. The van der Waals surface area contributed by atoms with Gasteiger partial charge in [-0.1, -0.05) is 54.6 Å². The summed E-state index contributed by atoms with van der Waals surface area (Å²) in [5.41, 5.74) is 0. The molecule has 0 aliphatic rings. The zero-order valence-electron chi connectivity index (χ0n) is 13.8. The van der Waals surface area contributed by atoms with E-state index in [1.54, 1.807) is 0 Å². The third kappa shape index (κ3) is 2.99. The summed E-state index contributed by atoms with van der Waals surface area (Å²) in [4.78, 5) is 12.6. The summed E-state index contributed by atoms with van der Waals surface area (Å²) in [5, 5.41) is 3.40. The molecule has 0 N–H and O–H groups in total. The molecule has 0 spiro atoms. The fraction of sp³-hybridized carbons (Fsp3) is 0. The Labute approximate surface area is 149 Å². The van der Waals surface area contributed by atoms with E-state index in [2.05, 4.69) is 12.7 Å². The van der Waals surface area contributed by atoms with E-state index in [0.717, 1.165) is 15.9 Å². The van der Waals surface area contributed by atoms with Crippen molar-refractivity contribution in [3.63, 3.8) is 0 Å². The van der Waals surface area contributed by atoms with Gasteiger partial charge in [-0.3, -0.25) is 0 Å². The van der Waals surface area contributed by atoms with Gasteiger partial charge in [0.2, 0.25) is 0 Å². The van der Waals surface area contributed by atoms with Crippen LogP contribution in [0.2, 0.25) is 0 Å². The van der Waals surface area contributed by atoms with Gasteiger partial charge in [-0.15, -0.1) is 5.78 Å². The fourth-order valence-corrected chi connectivity index (χ4v) is 7.03. The summed E-state index contributed by atoms with van der Waals surface area (Å²) < 4.78 is 0. The van der Waals surface area contributed by atoms with Gasteiger partial charge in [0.1, 0.15) is 0 Å². The standard InChI is InChI=1S/C23H18OP/c1-3-23(24)19(2)25(20-13-7-4-8-14-20,21-15-9-5-10-16-21)22-17-11-6-12-18-22/h2,4-18H,1H2/q-1. The number of hydrogen-bond donors (Lipinski definition) is 0. The van der Waals surface area contributed by atoms with Gasteiger partial charge in [-0.05, 0) is 36.4 Å². The minimum absolute atomic E-state index is 0.297. The summed E-state index contributed by atoms with van der Waals surface area (Å²) in [7, 11) is -2.47. The predicted octanol–water partition coefficient (Wildman–Crippen LogP) is 3.86. The maximum absolute atomic E-state index is 12.6. The van der Waals surface area contributed by atoms with Crippen molar-refractivity contribution < 1.29 is 4.79 Å². The molecule has 0 fully saturated rings. The second-order valence-electron chi connectivity index (χ2n) is 5.57. The molecular weight excluding hydrogens is 323 g/mol. The van der Waals surface area contributed by atoms with Crippen LogP contribution in [0.3, 0.4) is 0 Å². The highest BCUT2D eigenvalue weighted by molar-refractivity contribution is 7.99. The van der Waals surface area contributed by atoms with E-state index in [0.29, 0.717) is 5.31 Å². The molecule has 3 aromatic rings. The predicted molar refractivity (Wildman–Crippen MR) is 107 cm³/mol. The lowest BCUT2D eigenvalue weighted by molar-refractivity contribution is -0.111. The molecule has 0 saturated heterocycles. The first-order valence-electron chi connectivity index (χ1n) is 7.97. The van der Waals surface area contributed by atoms with Crippen LogP contribution in [0.4, 0.5) is 0 Å². The lowest BCUT2D eigenvalue weighted by atomic mass is 10.3. The van der Waals surface area contributed by atoms with Crippen LogP contribution in [-0.2, 0) is 4.79 Å². The van der Waals surface area contributed by atoms with Crippen molar-refractivity contribution in [3.05, 3.63) is 116 Å². The topological polar surface area (TPSA) is 17.1 Å². The van der Waals surface area contributed by atoms with Gasteiger partial charge in [0.15, 0.2) is 0 Å². The molecule has 1 nitrogen and oxygen atoms in total. The van der Waals surface area contributed by atoms with Crippen molar-refractivity contribution in [1.29, 1.82) is 0 Å². The zero-order chi connectivity index (χ0) is 17.7. The third-order valence-corrected chi connectivity index (χ3v) is 8.33. The average Bonchev–Trinajstić information content (AvgIpc) is 2.70. The Kier molecular flexibility index (Phi) is 5.07. The van der Waals surface area contributed by atoms with Crippen LogP contribution < -0.4 is 15.9 Å². The van der Waals surface area contributed by atoms with Crippen molar-refractivity contribution in [2.24, 2.45) is 0 Å². The molecular formula is C23H18OP-. The number of rotatable bonds is 6. The molecule has 0 aromatic heterocycles. The quantitative estimate of drug-likeness (QED) is 0.378. The van der Waals surface area contributed by atoms with Gasteiger partial charge in [-0.2, -0.15) is 5.31 Å². The summed E-state index contributed by atoms with van der Waals surface area (Å²) in [6.45, 7) is 10.0. The summed E-state index contributed by atoms with van der Waals surface area (Å²) in [6, 6.07) is 30.0. The summed E-state index contributed by atoms with van der Waals surface area (Å²) in [6.07, 6.45) is 2.46. The smallest absolute Gasteiger partial charge is 0.0904 e. The van der Waals surface area contributed by atoms with Crippen molar-refractivity contribution >= 4 is 29.0 Å². The lowest BCUT2D eigenvalue weighted by Gasteiger charge is -2.39. The molecule has 0 heterocycles. The molecule has 0 aliphatic carbocycles. The average molecular weight is 341 g/mol. The first kappa shape index (κ1) is 17.1. The minimum atomic E-state index is -2.47. The van der Waals surface area contributed by atoms with E-state index in [4.69, 9.17) is 6.58 Å². The number of ketones is 1. The number of benzene rings is 3. The molecule has 25 heavy (non-hydrogen) atoms. The van der Waals surface area contributed by atoms with E-state index < -0.39 is 7.26 Å². The zero-order valence-corrected chi connectivity index (χ0v) is 14.7. The molecule has 0 saturated carbocycles. The molecule has 0 amide bonds. The van der Waals surface area contributed by atoms with Crippen LogP contribution in [-0.4, -0.2) is 5.78 Å². The van der Waals surface area contributed by atoms with Crippen LogP contribution in [0.15, 0.2) is 103 Å². The largest absolute Gasteiger partial charge is 0.440 e. The van der Waals surface area contributed by atoms with Crippen molar-refractivity contribution in [3.8, 4) is 0 Å². The number of carbonyl (C=O) groups excluding carboxylic acids is 1. The van der Waals surface area contributed by atoms with Crippen molar-refractivity contribution in [1.82, 2.24) is 0 Å². The van der Waals surface area contributed by atoms with Crippen LogP contribution in [0.5, 0.6) is 0 Å². The van der Waals surface area contributed by atoms with Gasteiger partial charge in [0, 0.05) is 7.26 Å². The Bertz CT molecular complexity index is 786. The Hall–Kier alpha value is -2.76.